The first kappa shape index (κ1) is 12.6. The van der Waals surface area contributed by atoms with Gasteiger partial charge in [-0.25, -0.2) is 0 Å². The number of benzene rings is 1. The van der Waals surface area contributed by atoms with Gasteiger partial charge in [0.25, 0.3) is 0 Å². The zero-order valence-electron chi connectivity index (χ0n) is 9.79. The molecule has 1 N–H and O–H groups in total. The van der Waals surface area contributed by atoms with Crippen molar-refractivity contribution in [2.75, 3.05) is 5.75 Å². The van der Waals surface area contributed by atoms with E-state index in [1.165, 1.54) is 4.90 Å². The maximum atomic E-state index is 10.5. The Labute approximate surface area is 96.9 Å². The molecule has 0 saturated heterocycles. The fourth-order valence-electron chi connectivity index (χ4n) is 1.76. The van der Waals surface area contributed by atoms with E-state index in [1.54, 1.807) is 11.8 Å². The van der Waals surface area contributed by atoms with Crippen LogP contribution in [0.1, 0.15) is 39.2 Å². The zero-order chi connectivity index (χ0) is 11.3. The summed E-state index contributed by atoms with van der Waals surface area (Å²) < 4.78 is 0. The van der Waals surface area contributed by atoms with Crippen LogP contribution in [0.4, 0.5) is 0 Å². The third kappa shape index (κ3) is 2.76. The number of thioether (sulfide) groups is 1. The van der Waals surface area contributed by atoms with Crippen molar-refractivity contribution >= 4 is 11.8 Å². The molecule has 0 aliphatic rings. The molecule has 84 valence electrons. The van der Waals surface area contributed by atoms with Crippen LogP contribution in [0.25, 0.3) is 0 Å². The van der Waals surface area contributed by atoms with Crippen molar-refractivity contribution in [1.82, 2.24) is 0 Å². The number of rotatable bonds is 5. The van der Waals surface area contributed by atoms with Gasteiger partial charge in [-0.15, -0.1) is 11.8 Å². The molecule has 0 aliphatic carbocycles. The summed E-state index contributed by atoms with van der Waals surface area (Å²) >= 11 is 1.80. The number of hydrogen-bond donors (Lipinski definition) is 1. The summed E-state index contributed by atoms with van der Waals surface area (Å²) in [5.74, 6) is 1.04. The predicted molar refractivity (Wildman–Crippen MR) is 67.3 cm³/mol. The first-order chi connectivity index (χ1) is 7.18. The summed E-state index contributed by atoms with van der Waals surface area (Å²) in [5.41, 5.74) is 0.431. The predicted octanol–water partition coefficient (Wildman–Crippen LogP) is 3.81. The summed E-state index contributed by atoms with van der Waals surface area (Å²) in [6, 6.07) is 8.18. The van der Waals surface area contributed by atoms with E-state index in [0.29, 0.717) is 0 Å². The second-order valence-electron chi connectivity index (χ2n) is 3.67. The van der Waals surface area contributed by atoms with Crippen molar-refractivity contribution in [3.8, 4) is 0 Å². The second-order valence-corrected chi connectivity index (χ2v) is 4.97. The fourth-order valence-corrected chi connectivity index (χ4v) is 2.66. The van der Waals surface area contributed by atoms with E-state index in [2.05, 4.69) is 13.0 Å². The van der Waals surface area contributed by atoms with Gasteiger partial charge in [0.2, 0.25) is 0 Å². The smallest absolute Gasteiger partial charge is 0.0902 e. The van der Waals surface area contributed by atoms with Gasteiger partial charge in [0.15, 0.2) is 0 Å². The summed E-state index contributed by atoms with van der Waals surface area (Å²) in [4.78, 5) is 1.21. The quantitative estimate of drug-likeness (QED) is 0.768. The van der Waals surface area contributed by atoms with Crippen molar-refractivity contribution in [2.45, 2.75) is 44.1 Å². The third-order valence-electron chi connectivity index (χ3n) is 2.86. The molecule has 0 aromatic heterocycles. The Morgan fingerprint density at radius 3 is 2.27 bits per heavy atom. The molecule has 1 nitrogen and oxygen atoms in total. The van der Waals surface area contributed by atoms with E-state index in [9.17, 15) is 5.11 Å². The topological polar surface area (TPSA) is 20.2 Å². The van der Waals surface area contributed by atoms with E-state index in [0.717, 1.165) is 24.2 Å². The van der Waals surface area contributed by atoms with Gasteiger partial charge in [-0.1, -0.05) is 39.0 Å². The minimum Gasteiger partial charge on any atom is -0.385 e. The Morgan fingerprint density at radius 1 is 1.13 bits per heavy atom. The van der Waals surface area contributed by atoms with Crippen LogP contribution < -0.4 is 0 Å². The first-order valence-electron chi connectivity index (χ1n) is 5.62. The molecule has 0 unspecified atom stereocenters. The van der Waals surface area contributed by atoms with E-state index in [-0.39, 0.29) is 0 Å². The van der Waals surface area contributed by atoms with Crippen LogP contribution in [0.5, 0.6) is 0 Å². The minimum atomic E-state index is -0.654. The SMILES string of the molecule is CCSc1ccccc1C(O)(CC)CC. The molecule has 0 bridgehead atoms. The lowest BCUT2D eigenvalue weighted by Gasteiger charge is -2.27. The van der Waals surface area contributed by atoms with Gasteiger partial charge in [-0.3, -0.25) is 0 Å². The minimum absolute atomic E-state index is 0.654. The largest absolute Gasteiger partial charge is 0.385 e. The first-order valence-corrected chi connectivity index (χ1v) is 6.61. The Balaban J connectivity index is 3.10. The molecule has 2 heteroatoms. The highest BCUT2D eigenvalue weighted by Crippen LogP contribution is 2.35. The monoisotopic (exact) mass is 224 g/mol. The summed E-state index contributed by atoms with van der Waals surface area (Å²) in [6.07, 6.45) is 1.54. The summed E-state index contributed by atoms with van der Waals surface area (Å²) in [7, 11) is 0. The van der Waals surface area contributed by atoms with E-state index in [1.807, 2.05) is 32.0 Å². The standard InChI is InChI=1S/C13H20OS/c1-4-13(14,5-2)11-9-7-8-10-12(11)15-6-3/h7-10,14H,4-6H2,1-3H3. The maximum absolute atomic E-state index is 10.5. The molecule has 0 amide bonds. The molecular formula is C13H20OS. The number of aliphatic hydroxyl groups is 1. The van der Waals surface area contributed by atoms with Crippen molar-refractivity contribution in [2.24, 2.45) is 0 Å². The van der Waals surface area contributed by atoms with Crippen molar-refractivity contribution in [1.29, 1.82) is 0 Å². The Bertz CT molecular complexity index is 305. The van der Waals surface area contributed by atoms with Gasteiger partial charge in [0.05, 0.1) is 5.60 Å². The lowest BCUT2D eigenvalue weighted by atomic mass is 9.89. The van der Waals surface area contributed by atoms with Crippen molar-refractivity contribution in [3.05, 3.63) is 29.8 Å². The van der Waals surface area contributed by atoms with Crippen molar-refractivity contribution in [3.63, 3.8) is 0 Å². The normalized spacial score (nSPS) is 11.7. The molecule has 1 aromatic carbocycles. The van der Waals surface area contributed by atoms with Gasteiger partial charge in [0.1, 0.15) is 0 Å². The molecule has 1 rings (SSSR count). The van der Waals surface area contributed by atoms with E-state index >= 15 is 0 Å². The van der Waals surface area contributed by atoms with Gasteiger partial charge < -0.3 is 5.11 Å². The zero-order valence-corrected chi connectivity index (χ0v) is 10.6. The Morgan fingerprint density at radius 2 is 1.73 bits per heavy atom. The molecule has 0 atom stereocenters. The van der Waals surface area contributed by atoms with Crippen molar-refractivity contribution < 1.29 is 5.11 Å². The van der Waals surface area contributed by atoms with Gasteiger partial charge in [-0.05, 0) is 30.2 Å². The van der Waals surface area contributed by atoms with Crippen LogP contribution in [-0.4, -0.2) is 10.9 Å². The van der Waals surface area contributed by atoms with E-state index < -0.39 is 5.60 Å². The molecule has 0 aliphatic heterocycles. The lowest BCUT2D eigenvalue weighted by molar-refractivity contribution is 0.0258. The van der Waals surface area contributed by atoms with Crippen LogP contribution in [0.15, 0.2) is 29.2 Å². The third-order valence-corrected chi connectivity index (χ3v) is 3.81. The lowest BCUT2D eigenvalue weighted by Crippen LogP contribution is -2.24. The van der Waals surface area contributed by atoms with Gasteiger partial charge >= 0.3 is 0 Å². The molecule has 0 radical (unpaired) electrons. The average molecular weight is 224 g/mol. The Kier molecular flexibility index (Phi) is 4.68. The highest BCUT2D eigenvalue weighted by atomic mass is 32.2. The Hall–Kier alpha value is -0.470. The molecule has 0 spiro atoms. The highest BCUT2D eigenvalue weighted by Gasteiger charge is 2.26. The molecule has 0 saturated carbocycles. The molecule has 1 aromatic rings. The van der Waals surface area contributed by atoms with Crippen LogP contribution in [0.3, 0.4) is 0 Å². The second kappa shape index (κ2) is 5.57. The molecule has 0 fully saturated rings. The summed E-state index contributed by atoms with van der Waals surface area (Å²) in [6.45, 7) is 6.21. The van der Waals surface area contributed by atoms with Gasteiger partial charge in [-0.2, -0.15) is 0 Å². The van der Waals surface area contributed by atoms with Crippen LogP contribution in [-0.2, 0) is 5.60 Å². The van der Waals surface area contributed by atoms with E-state index in [4.69, 9.17) is 0 Å². The summed E-state index contributed by atoms with van der Waals surface area (Å²) in [5, 5.41) is 10.5. The van der Waals surface area contributed by atoms with Crippen LogP contribution in [0, 0.1) is 0 Å². The molecule has 15 heavy (non-hydrogen) atoms. The maximum Gasteiger partial charge on any atom is 0.0902 e. The average Bonchev–Trinajstić information content (AvgIpc) is 2.29. The molecular weight excluding hydrogens is 204 g/mol. The molecule has 0 heterocycles. The van der Waals surface area contributed by atoms with Gasteiger partial charge in [0, 0.05) is 4.90 Å². The van der Waals surface area contributed by atoms with Crippen LogP contribution >= 0.6 is 11.8 Å². The fraction of sp³-hybridized carbons (Fsp3) is 0.538. The highest BCUT2D eigenvalue weighted by molar-refractivity contribution is 7.99. The number of hydrogen-bond acceptors (Lipinski definition) is 2. The van der Waals surface area contributed by atoms with Crippen LogP contribution in [0.2, 0.25) is 0 Å².